The van der Waals surface area contributed by atoms with Gasteiger partial charge in [0.1, 0.15) is 17.8 Å². The molecule has 0 amide bonds. The first kappa shape index (κ1) is 14.1. The van der Waals surface area contributed by atoms with E-state index < -0.39 is 10.0 Å². The predicted octanol–water partition coefficient (Wildman–Crippen LogP) is 1.13. The Hall–Kier alpha value is -2.30. The predicted molar refractivity (Wildman–Crippen MR) is 72.5 cm³/mol. The number of nitrogens with zero attached hydrogens (tertiary/aromatic N) is 1. The van der Waals surface area contributed by atoms with Gasteiger partial charge in [-0.25, -0.2) is 13.1 Å². The Morgan fingerprint density at radius 2 is 2.15 bits per heavy atom. The number of benzene rings is 1. The SMILES string of the molecule is Cc1coc(NS(=O)(=O)c2ccccc2C#CCO)n1. The zero-order valence-electron chi connectivity index (χ0n) is 10.6. The maximum absolute atomic E-state index is 12.3. The average Bonchev–Trinajstić information content (AvgIpc) is 2.81. The Morgan fingerprint density at radius 3 is 2.80 bits per heavy atom. The second-order valence-electron chi connectivity index (χ2n) is 3.86. The third-order valence-electron chi connectivity index (χ3n) is 2.32. The van der Waals surface area contributed by atoms with Gasteiger partial charge in [-0.2, -0.15) is 4.98 Å². The van der Waals surface area contributed by atoms with Crippen molar-refractivity contribution >= 4 is 16.0 Å². The van der Waals surface area contributed by atoms with E-state index in [2.05, 4.69) is 21.5 Å². The van der Waals surface area contributed by atoms with E-state index in [0.29, 0.717) is 5.69 Å². The van der Waals surface area contributed by atoms with E-state index in [9.17, 15) is 8.42 Å². The second-order valence-corrected chi connectivity index (χ2v) is 5.51. The Bertz CT molecular complexity index is 769. The summed E-state index contributed by atoms with van der Waals surface area (Å²) in [6.45, 7) is 1.34. The zero-order chi connectivity index (χ0) is 14.6. The lowest BCUT2D eigenvalue weighted by Crippen LogP contribution is -2.14. The molecule has 104 valence electrons. The van der Waals surface area contributed by atoms with Gasteiger partial charge in [0.2, 0.25) is 0 Å². The van der Waals surface area contributed by atoms with Crippen LogP contribution in [0.4, 0.5) is 6.01 Å². The fourth-order valence-corrected chi connectivity index (χ4v) is 2.61. The van der Waals surface area contributed by atoms with E-state index in [-0.39, 0.29) is 23.1 Å². The third-order valence-corrected chi connectivity index (χ3v) is 3.70. The van der Waals surface area contributed by atoms with E-state index in [1.54, 1.807) is 25.1 Å². The lowest BCUT2D eigenvalue weighted by atomic mass is 10.2. The molecule has 2 aromatic rings. The molecule has 0 radical (unpaired) electrons. The first-order valence-electron chi connectivity index (χ1n) is 5.66. The lowest BCUT2D eigenvalue weighted by Gasteiger charge is -2.06. The fourth-order valence-electron chi connectivity index (χ4n) is 1.51. The van der Waals surface area contributed by atoms with Gasteiger partial charge in [-0.05, 0) is 19.1 Å². The molecule has 1 aromatic carbocycles. The molecule has 0 saturated carbocycles. The summed E-state index contributed by atoms with van der Waals surface area (Å²) in [6, 6.07) is 6.11. The Labute approximate surface area is 116 Å². The minimum Gasteiger partial charge on any atom is -0.431 e. The molecule has 1 heterocycles. The van der Waals surface area contributed by atoms with Crippen LogP contribution in [0.2, 0.25) is 0 Å². The van der Waals surface area contributed by atoms with Gasteiger partial charge in [-0.1, -0.05) is 24.0 Å². The molecule has 0 spiro atoms. The van der Waals surface area contributed by atoms with Gasteiger partial charge in [0.25, 0.3) is 10.0 Å². The van der Waals surface area contributed by atoms with Crippen LogP contribution in [-0.4, -0.2) is 25.1 Å². The number of aryl methyl sites for hydroxylation is 1. The van der Waals surface area contributed by atoms with E-state index in [1.165, 1.54) is 12.3 Å². The number of hydrogen-bond donors (Lipinski definition) is 2. The highest BCUT2D eigenvalue weighted by atomic mass is 32.2. The standard InChI is InChI=1S/C13H12N2O4S/c1-10-9-19-13(14-10)15-20(17,18)12-7-3-2-5-11(12)6-4-8-16/h2-3,5,7,9,16H,8H2,1H3,(H,14,15). The summed E-state index contributed by atoms with van der Waals surface area (Å²) >= 11 is 0. The van der Waals surface area contributed by atoms with Gasteiger partial charge < -0.3 is 9.52 Å². The molecule has 20 heavy (non-hydrogen) atoms. The van der Waals surface area contributed by atoms with Gasteiger partial charge >= 0.3 is 6.01 Å². The van der Waals surface area contributed by atoms with Crippen molar-refractivity contribution in [1.29, 1.82) is 0 Å². The van der Waals surface area contributed by atoms with Crippen LogP contribution in [0, 0.1) is 18.8 Å². The fraction of sp³-hybridized carbons (Fsp3) is 0.154. The van der Waals surface area contributed by atoms with Crippen LogP contribution >= 0.6 is 0 Å². The Kier molecular flexibility index (Phi) is 4.08. The topological polar surface area (TPSA) is 92.4 Å². The lowest BCUT2D eigenvalue weighted by molar-refractivity contribution is 0.350. The summed E-state index contributed by atoms with van der Waals surface area (Å²) in [5, 5.41) is 8.70. The quantitative estimate of drug-likeness (QED) is 0.827. The molecule has 0 unspecified atom stereocenters. The van der Waals surface area contributed by atoms with Crippen LogP contribution in [0.25, 0.3) is 0 Å². The summed E-state index contributed by atoms with van der Waals surface area (Å²) in [7, 11) is -3.85. The summed E-state index contributed by atoms with van der Waals surface area (Å²) < 4.78 is 31.7. The normalized spacial score (nSPS) is 10.7. The molecule has 2 N–H and O–H groups in total. The van der Waals surface area contributed by atoms with Crippen molar-refractivity contribution in [1.82, 2.24) is 4.98 Å². The molecular formula is C13H12N2O4S. The average molecular weight is 292 g/mol. The minimum atomic E-state index is -3.85. The molecule has 0 saturated heterocycles. The van der Waals surface area contributed by atoms with Crippen molar-refractivity contribution in [2.45, 2.75) is 11.8 Å². The van der Waals surface area contributed by atoms with Gasteiger partial charge in [-0.15, -0.1) is 0 Å². The molecule has 1 aromatic heterocycles. The molecular weight excluding hydrogens is 280 g/mol. The number of nitrogens with one attached hydrogen (secondary N) is 1. The van der Waals surface area contributed by atoms with Crippen molar-refractivity contribution < 1.29 is 17.9 Å². The molecule has 0 atom stereocenters. The molecule has 6 nitrogen and oxygen atoms in total. The van der Waals surface area contributed by atoms with Crippen LogP contribution in [-0.2, 0) is 10.0 Å². The third kappa shape index (κ3) is 3.17. The number of aromatic nitrogens is 1. The van der Waals surface area contributed by atoms with Crippen molar-refractivity contribution in [3.8, 4) is 11.8 Å². The van der Waals surface area contributed by atoms with Crippen LogP contribution in [0.15, 0.2) is 39.8 Å². The molecule has 0 aliphatic heterocycles. The highest BCUT2D eigenvalue weighted by Crippen LogP contribution is 2.18. The van der Waals surface area contributed by atoms with Gasteiger partial charge in [0.15, 0.2) is 0 Å². The van der Waals surface area contributed by atoms with Gasteiger partial charge in [-0.3, -0.25) is 0 Å². The summed E-state index contributed by atoms with van der Waals surface area (Å²) in [6.07, 6.45) is 1.34. The van der Waals surface area contributed by atoms with Crippen molar-refractivity contribution in [2.24, 2.45) is 0 Å². The van der Waals surface area contributed by atoms with Crippen molar-refractivity contribution in [2.75, 3.05) is 11.3 Å². The number of aliphatic hydroxyl groups excluding tert-OH is 1. The number of sulfonamides is 1. The highest BCUT2D eigenvalue weighted by Gasteiger charge is 2.19. The molecule has 0 bridgehead atoms. The number of aliphatic hydroxyl groups is 1. The van der Waals surface area contributed by atoms with Crippen molar-refractivity contribution in [3.05, 3.63) is 41.8 Å². The maximum Gasteiger partial charge on any atom is 0.309 e. The number of hydrogen-bond acceptors (Lipinski definition) is 5. The van der Waals surface area contributed by atoms with Crippen LogP contribution in [0.3, 0.4) is 0 Å². The summed E-state index contributed by atoms with van der Waals surface area (Å²) in [5.74, 6) is 5.01. The minimum absolute atomic E-state index is 0.00296. The smallest absolute Gasteiger partial charge is 0.309 e. The summed E-state index contributed by atoms with van der Waals surface area (Å²) in [5.41, 5.74) is 0.855. The molecule has 0 aliphatic rings. The molecule has 0 fully saturated rings. The van der Waals surface area contributed by atoms with Crippen LogP contribution < -0.4 is 4.72 Å². The van der Waals surface area contributed by atoms with Gasteiger partial charge in [0, 0.05) is 5.56 Å². The summed E-state index contributed by atoms with van der Waals surface area (Å²) in [4.78, 5) is 3.88. The van der Waals surface area contributed by atoms with Crippen molar-refractivity contribution in [3.63, 3.8) is 0 Å². The molecule has 7 heteroatoms. The largest absolute Gasteiger partial charge is 0.431 e. The first-order valence-corrected chi connectivity index (χ1v) is 7.15. The van der Waals surface area contributed by atoms with E-state index in [4.69, 9.17) is 9.52 Å². The monoisotopic (exact) mass is 292 g/mol. The maximum atomic E-state index is 12.3. The first-order chi connectivity index (χ1) is 9.53. The van der Waals surface area contributed by atoms with E-state index >= 15 is 0 Å². The zero-order valence-corrected chi connectivity index (χ0v) is 11.4. The van der Waals surface area contributed by atoms with Crippen LogP contribution in [0.1, 0.15) is 11.3 Å². The van der Waals surface area contributed by atoms with E-state index in [1.807, 2.05) is 0 Å². The second kappa shape index (κ2) is 5.77. The Balaban J connectivity index is 2.39. The number of oxazole rings is 1. The van der Waals surface area contributed by atoms with E-state index in [0.717, 1.165) is 0 Å². The van der Waals surface area contributed by atoms with Crippen LogP contribution in [0.5, 0.6) is 0 Å². The molecule has 2 rings (SSSR count). The number of rotatable bonds is 3. The highest BCUT2D eigenvalue weighted by molar-refractivity contribution is 7.92. The Morgan fingerprint density at radius 1 is 1.40 bits per heavy atom. The van der Waals surface area contributed by atoms with Gasteiger partial charge in [0.05, 0.1) is 5.69 Å². The number of anilines is 1. The molecule has 0 aliphatic carbocycles.